The molecule has 3 nitrogen and oxygen atoms in total. The van der Waals surface area contributed by atoms with Gasteiger partial charge in [0.2, 0.25) is 5.78 Å². The third-order valence-electron chi connectivity index (χ3n) is 4.84. The van der Waals surface area contributed by atoms with Crippen molar-refractivity contribution in [3.63, 3.8) is 0 Å². The number of carbonyl (C=O) groups is 1. The zero-order chi connectivity index (χ0) is 14.5. The Balaban J connectivity index is 1.99. The largest absolute Gasteiger partial charge is 0.618 e. The molecular formula is C17H21NO2. The minimum Gasteiger partial charge on any atom is -0.618 e. The Kier molecular flexibility index (Phi) is 2.96. The molecule has 0 N–H and O–H groups in total. The number of pyridine rings is 1. The van der Waals surface area contributed by atoms with Crippen LogP contribution >= 0.6 is 0 Å². The number of rotatable bonds is 2. The van der Waals surface area contributed by atoms with Gasteiger partial charge in [0.15, 0.2) is 6.20 Å². The van der Waals surface area contributed by atoms with Crippen LogP contribution in [0, 0.1) is 34.3 Å². The van der Waals surface area contributed by atoms with E-state index in [4.69, 9.17) is 0 Å². The normalized spacial score (nSPS) is 31.8. The fourth-order valence-corrected chi connectivity index (χ4v) is 4.15. The van der Waals surface area contributed by atoms with Crippen molar-refractivity contribution in [2.75, 3.05) is 0 Å². The molecule has 4 atom stereocenters. The van der Waals surface area contributed by atoms with Crippen molar-refractivity contribution in [3.05, 3.63) is 47.4 Å². The minimum atomic E-state index is -0.0485. The monoisotopic (exact) mass is 271 g/mol. The van der Waals surface area contributed by atoms with E-state index in [2.05, 4.69) is 32.9 Å². The minimum absolute atomic E-state index is 0.0115. The summed E-state index contributed by atoms with van der Waals surface area (Å²) in [5, 5.41) is 11.9. The lowest BCUT2D eigenvalue weighted by atomic mass is 9.66. The van der Waals surface area contributed by atoms with Crippen molar-refractivity contribution in [2.24, 2.45) is 29.1 Å². The van der Waals surface area contributed by atoms with E-state index in [0.29, 0.717) is 22.5 Å². The molecule has 3 heteroatoms. The van der Waals surface area contributed by atoms with Crippen LogP contribution in [0.25, 0.3) is 0 Å². The summed E-state index contributed by atoms with van der Waals surface area (Å²) in [6, 6.07) is 5.06. The van der Waals surface area contributed by atoms with Gasteiger partial charge in [-0.2, -0.15) is 4.73 Å². The second-order valence-corrected chi connectivity index (χ2v) is 7.14. The lowest BCUT2D eigenvalue weighted by Gasteiger charge is -2.37. The van der Waals surface area contributed by atoms with Crippen LogP contribution < -0.4 is 4.73 Å². The van der Waals surface area contributed by atoms with Gasteiger partial charge in [0.05, 0.1) is 0 Å². The highest BCUT2D eigenvalue weighted by molar-refractivity contribution is 5.96. The van der Waals surface area contributed by atoms with Gasteiger partial charge in [-0.3, -0.25) is 4.79 Å². The highest BCUT2D eigenvalue weighted by Crippen LogP contribution is 2.55. The Morgan fingerprint density at radius 2 is 1.95 bits per heavy atom. The standard InChI is InChI=1S/C17H21NO2/c1-17(2,3)15-12-8-7-11(10-12)14(15)16(19)13-6-4-5-9-18(13)20/h4-9,11-12,14-15H,10H2,1-3H3/t11-,12+,14-,15-/m0/s1. The average Bonchev–Trinajstić information content (AvgIpc) is 2.97. The van der Waals surface area contributed by atoms with Crippen molar-refractivity contribution in [2.45, 2.75) is 27.2 Å². The van der Waals surface area contributed by atoms with Gasteiger partial charge in [-0.05, 0) is 35.7 Å². The molecule has 3 rings (SSSR count). The van der Waals surface area contributed by atoms with Crippen molar-refractivity contribution in [1.82, 2.24) is 0 Å². The first kappa shape index (κ1) is 13.3. The zero-order valence-corrected chi connectivity index (χ0v) is 12.2. The van der Waals surface area contributed by atoms with E-state index in [1.807, 2.05) is 0 Å². The lowest BCUT2D eigenvalue weighted by molar-refractivity contribution is -0.607. The fraction of sp³-hybridized carbons (Fsp3) is 0.529. The SMILES string of the molecule is CC(C)(C)[C@@H]1[C@@H](C(=O)c2cccc[n+]2[O-])[C@H]2C=C[C@@H]1C2. The van der Waals surface area contributed by atoms with Crippen LogP contribution in [0.5, 0.6) is 0 Å². The van der Waals surface area contributed by atoms with Crippen LogP contribution in [0.2, 0.25) is 0 Å². The number of hydrogen-bond donors (Lipinski definition) is 0. The zero-order valence-electron chi connectivity index (χ0n) is 12.2. The Morgan fingerprint density at radius 1 is 1.25 bits per heavy atom. The van der Waals surface area contributed by atoms with Gasteiger partial charge >= 0.3 is 0 Å². The first-order chi connectivity index (χ1) is 9.39. The third kappa shape index (κ3) is 1.96. The highest BCUT2D eigenvalue weighted by atomic mass is 16.5. The summed E-state index contributed by atoms with van der Waals surface area (Å²) in [6.07, 6.45) is 6.90. The molecule has 1 aromatic heterocycles. The van der Waals surface area contributed by atoms with E-state index in [1.165, 1.54) is 6.20 Å². The highest BCUT2D eigenvalue weighted by Gasteiger charge is 2.53. The van der Waals surface area contributed by atoms with Gasteiger partial charge in [0, 0.05) is 18.1 Å². The summed E-state index contributed by atoms with van der Waals surface area (Å²) in [7, 11) is 0. The number of allylic oxidation sites excluding steroid dienone is 2. The molecule has 1 aromatic rings. The average molecular weight is 271 g/mol. The molecule has 1 fully saturated rings. The molecule has 2 aliphatic rings. The molecule has 2 bridgehead atoms. The van der Waals surface area contributed by atoms with Crippen molar-refractivity contribution in [1.29, 1.82) is 0 Å². The van der Waals surface area contributed by atoms with Gasteiger partial charge in [-0.25, -0.2) is 0 Å². The van der Waals surface area contributed by atoms with E-state index >= 15 is 0 Å². The number of ketones is 1. The fourth-order valence-electron chi connectivity index (χ4n) is 4.15. The smallest absolute Gasteiger partial charge is 0.260 e. The first-order valence-corrected chi connectivity index (χ1v) is 7.30. The molecule has 0 spiro atoms. The summed E-state index contributed by atoms with van der Waals surface area (Å²) >= 11 is 0. The van der Waals surface area contributed by atoms with Crippen molar-refractivity contribution in [3.8, 4) is 0 Å². The Labute approximate surface area is 119 Å². The Bertz CT molecular complexity index is 571. The van der Waals surface area contributed by atoms with Gasteiger partial charge in [0.1, 0.15) is 0 Å². The summed E-state index contributed by atoms with van der Waals surface area (Å²) in [4.78, 5) is 12.9. The molecule has 0 amide bonds. The summed E-state index contributed by atoms with van der Waals surface area (Å²) < 4.78 is 0.706. The molecular weight excluding hydrogens is 250 g/mol. The van der Waals surface area contributed by atoms with E-state index in [-0.39, 0.29) is 22.8 Å². The summed E-state index contributed by atoms with van der Waals surface area (Å²) in [6.45, 7) is 6.59. The molecule has 0 aromatic carbocycles. The van der Waals surface area contributed by atoms with Crippen LogP contribution in [-0.2, 0) is 0 Å². The van der Waals surface area contributed by atoms with Crippen LogP contribution in [0.1, 0.15) is 37.7 Å². The molecule has 1 heterocycles. The topological polar surface area (TPSA) is 44.0 Å². The maximum Gasteiger partial charge on any atom is 0.260 e. The third-order valence-corrected chi connectivity index (χ3v) is 4.84. The Morgan fingerprint density at radius 3 is 2.60 bits per heavy atom. The molecule has 0 saturated heterocycles. The van der Waals surface area contributed by atoms with E-state index in [0.717, 1.165) is 6.42 Å². The number of hydrogen-bond acceptors (Lipinski definition) is 2. The molecule has 20 heavy (non-hydrogen) atoms. The summed E-state index contributed by atoms with van der Waals surface area (Å²) in [5.41, 5.74) is 0.361. The lowest BCUT2D eigenvalue weighted by Crippen LogP contribution is -2.42. The molecule has 0 unspecified atom stereocenters. The number of nitrogens with zero attached hydrogens (tertiary/aromatic N) is 1. The molecule has 2 aliphatic carbocycles. The second-order valence-electron chi connectivity index (χ2n) is 7.14. The van der Waals surface area contributed by atoms with E-state index < -0.39 is 0 Å². The van der Waals surface area contributed by atoms with Crippen LogP contribution in [0.15, 0.2) is 36.5 Å². The van der Waals surface area contributed by atoms with Gasteiger partial charge in [-0.15, -0.1) is 0 Å². The first-order valence-electron chi connectivity index (χ1n) is 7.30. The number of carbonyl (C=O) groups excluding carboxylic acids is 1. The van der Waals surface area contributed by atoms with Crippen LogP contribution in [0.3, 0.4) is 0 Å². The molecule has 106 valence electrons. The molecule has 0 aliphatic heterocycles. The van der Waals surface area contributed by atoms with Gasteiger partial charge < -0.3 is 5.21 Å². The maximum atomic E-state index is 12.9. The maximum absolute atomic E-state index is 12.9. The van der Waals surface area contributed by atoms with Crippen molar-refractivity contribution < 1.29 is 9.52 Å². The van der Waals surface area contributed by atoms with E-state index in [9.17, 15) is 10.0 Å². The number of aromatic nitrogens is 1. The summed E-state index contributed by atoms with van der Waals surface area (Å²) in [5.74, 6) is 1.07. The van der Waals surface area contributed by atoms with Gasteiger partial charge in [0.25, 0.3) is 5.69 Å². The quantitative estimate of drug-likeness (QED) is 0.359. The van der Waals surface area contributed by atoms with Crippen molar-refractivity contribution >= 4 is 5.78 Å². The number of fused-ring (bicyclic) bond motifs is 2. The van der Waals surface area contributed by atoms with Crippen LogP contribution in [-0.4, -0.2) is 5.78 Å². The number of Topliss-reactive ketones (excluding diaryl/α,β-unsaturated/α-hetero) is 1. The molecule has 0 radical (unpaired) electrons. The Hall–Kier alpha value is -1.64. The second kappa shape index (κ2) is 4.44. The van der Waals surface area contributed by atoms with Gasteiger partial charge in [-0.1, -0.05) is 32.9 Å². The van der Waals surface area contributed by atoms with Crippen LogP contribution in [0.4, 0.5) is 0 Å². The predicted octanol–water partition coefficient (Wildman–Crippen LogP) is 2.99. The predicted molar refractivity (Wildman–Crippen MR) is 76.9 cm³/mol. The van der Waals surface area contributed by atoms with E-state index in [1.54, 1.807) is 18.2 Å². The molecule has 1 saturated carbocycles.